The molecule has 0 aliphatic rings. The summed E-state index contributed by atoms with van der Waals surface area (Å²) in [5.74, 6) is 0. The molecule has 18 heteroatoms. The lowest BCUT2D eigenvalue weighted by Gasteiger charge is -2.19. The Bertz CT molecular complexity index is 2170. The van der Waals surface area contributed by atoms with Crippen LogP contribution >= 0.6 is 0 Å². The van der Waals surface area contributed by atoms with Gasteiger partial charge in [0.1, 0.15) is 9.79 Å². The lowest BCUT2D eigenvalue weighted by Crippen LogP contribution is -2.11. The van der Waals surface area contributed by atoms with E-state index in [1.165, 1.54) is 12.1 Å². The highest BCUT2D eigenvalue weighted by atomic mass is 32.2. The van der Waals surface area contributed by atoms with E-state index in [9.17, 15) is 51.9 Å². The van der Waals surface area contributed by atoms with Crippen molar-refractivity contribution in [1.82, 2.24) is 0 Å². The SMILES string of the molecule is Cc1cc(-c2cc(C)c(NCc3ccc(S(=O)(=O)O)cc3S(=O)(=O)O)c(C)c2)cc(C)c1NCc1ccc(S(=O)(=O)O)cc1S(=O)(=O)O. The third kappa shape index (κ3) is 8.39. The van der Waals surface area contributed by atoms with Gasteiger partial charge in [0.15, 0.2) is 0 Å². The van der Waals surface area contributed by atoms with Crippen molar-refractivity contribution in [3.63, 3.8) is 0 Å². The minimum atomic E-state index is -4.82. The minimum Gasteiger partial charge on any atom is -0.380 e. The molecule has 0 atom stereocenters. The predicted molar refractivity (Wildman–Crippen MR) is 178 cm³/mol. The average Bonchev–Trinajstić information content (AvgIpc) is 2.94. The molecule has 0 aliphatic carbocycles. The van der Waals surface area contributed by atoms with Crippen LogP contribution in [0, 0.1) is 27.7 Å². The number of aryl methyl sites for hydroxylation is 4. The first-order valence-corrected chi connectivity index (χ1v) is 19.6. The molecule has 0 spiro atoms. The van der Waals surface area contributed by atoms with Crippen LogP contribution in [0.25, 0.3) is 11.1 Å². The summed E-state index contributed by atoms with van der Waals surface area (Å²) in [4.78, 5) is -2.69. The van der Waals surface area contributed by atoms with Crippen LogP contribution in [0.15, 0.2) is 80.2 Å². The average molecular weight is 741 g/mol. The Labute approximate surface area is 278 Å². The minimum absolute atomic E-state index is 0.0696. The molecular formula is C30H32N2O12S4. The van der Waals surface area contributed by atoms with Crippen LogP contribution in [0.5, 0.6) is 0 Å². The Kier molecular flexibility index (Phi) is 10.2. The van der Waals surface area contributed by atoms with Crippen molar-refractivity contribution in [2.45, 2.75) is 60.4 Å². The van der Waals surface area contributed by atoms with Crippen molar-refractivity contribution < 1.29 is 51.9 Å². The number of nitrogens with one attached hydrogen (secondary N) is 2. The van der Waals surface area contributed by atoms with Crippen molar-refractivity contribution in [1.29, 1.82) is 0 Å². The van der Waals surface area contributed by atoms with E-state index in [1.807, 2.05) is 52.0 Å². The molecule has 0 aromatic heterocycles. The molecule has 0 heterocycles. The highest BCUT2D eigenvalue weighted by Crippen LogP contribution is 2.34. The van der Waals surface area contributed by atoms with E-state index in [-0.39, 0.29) is 24.2 Å². The van der Waals surface area contributed by atoms with Gasteiger partial charge in [-0.3, -0.25) is 18.2 Å². The second-order valence-electron chi connectivity index (χ2n) is 11.1. The fraction of sp³-hybridized carbons (Fsp3) is 0.200. The van der Waals surface area contributed by atoms with Crippen LogP contribution in [0.4, 0.5) is 11.4 Å². The number of benzene rings is 4. The maximum atomic E-state index is 12.0. The maximum Gasteiger partial charge on any atom is 0.294 e. The van der Waals surface area contributed by atoms with Gasteiger partial charge in [-0.25, -0.2) is 0 Å². The summed E-state index contributed by atoms with van der Waals surface area (Å²) in [5, 5.41) is 6.26. The maximum absolute atomic E-state index is 12.0. The monoisotopic (exact) mass is 740 g/mol. The van der Waals surface area contributed by atoms with Crippen molar-refractivity contribution in [2.24, 2.45) is 0 Å². The van der Waals surface area contributed by atoms with Crippen molar-refractivity contribution in [3.05, 3.63) is 94.0 Å². The predicted octanol–water partition coefficient (Wildman–Crippen LogP) is 4.80. The highest BCUT2D eigenvalue weighted by molar-refractivity contribution is 7.87. The molecule has 14 nitrogen and oxygen atoms in total. The summed E-state index contributed by atoms with van der Waals surface area (Å²) in [5.41, 5.74) is 6.32. The first-order valence-electron chi connectivity index (χ1n) is 13.8. The van der Waals surface area contributed by atoms with E-state index in [0.29, 0.717) is 23.5 Å². The largest absolute Gasteiger partial charge is 0.380 e. The van der Waals surface area contributed by atoms with E-state index in [2.05, 4.69) is 10.6 Å². The summed E-state index contributed by atoms with van der Waals surface area (Å²) in [6.45, 7) is 7.13. The normalized spacial score (nSPS) is 12.6. The molecule has 0 bridgehead atoms. The Morgan fingerprint density at radius 1 is 0.458 bits per heavy atom. The van der Waals surface area contributed by atoms with Gasteiger partial charge in [0.05, 0.1) is 9.79 Å². The summed E-state index contributed by atoms with van der Waals surface area (Å²) < 4.78 is 132. The zero-order valence-corrected chi connectivity index (χ0v) is 29.1. The zero-order valence-electron chi connectivity index (χ0n) is 25.9. The molecule has 48 heavy (non-hydrogen) atoms. The van der Waals surface area contributed by atoms with E-state index >= 15 is 0 Å². The third-order valence-electron chi connectivity index (χ3n) is 7.54. The molecule has 0 fully saturated rings. The van der Waals surface area contributed by atoms with Crippen molar-refractivity contribution in [3.8, 4) is 11.1 Å². The molecule has 4 aromatic rings. The van der Waals surface area contributed by atoms with Gasteiger partial charge >= 0.3 is 0 Å². The summed E-state index contributed by atoms with van der Waals surface area (Å²) >= 11 is 0. The first-order chi connectivity index (χ1) is 22.0. The quantitative estimate of drug-likeness (QED) is 0.113. The van der Waals surface area contributed by atoms with Gasteiger partial charge in [-0.1, -0.05) is 12.1 Å². The molecule has 0 aliphatic heterocycles. The smallest absolute Gasteiger partial charge is 0.294 e. The van der Waals surface area contributed by atoms with Gasteiger partial charge in [-0.05, 0) is 121 Å². The molecular weight excluding hydrogens is 709 g/mol. The van der Waals surface area contributed by atoms with Gasteiger partial charge in [-0.2, -0.15) is 33.7 Å². The van der Waals surface area contributed by atoms with E-state index in [1.54, 1.807) is 0 Å². The van der Waals surface area contributed by atoms with E-state index in [4.69, 9.17) is 0 Å². The Balaban J connectivity index is 1.59. The van der Waals surface area contributed by atoms with Gasteiger partial charge in [0.2, 0.25) is 0 Å². The zero-order chi connectivity index (χ0) is 36.0. The highest BCUT2D eigenvalue weighted by Gasteiger charge is 2.22. The lowest BCUT2D eigenvalue weighted by molar-refractivity contribution is 0.475. The lowest BCUT2D eigenvalue weighted by atomic mass is 9.95. The van der Waals surface area contributed by atoms with Crippen LogP contribution in [0.2, 0.25) is 0 Å². The van der Waals surface area contributed by atoms with Crippen LogP contribution in [0.3, 0.4) is 0 Å². The van der Waals surface area contributed by atoms with Crippen LogP contribution < -0.4 is 10.6 Å². The summed E-state index contributed by atoms with van der Waals surface area (Å²) in [6, 6.07) is 13.4. The molecule has 0 amide bonds. The van der Waals surface area contributed by atoms with Gasteiger partial charge in [0.25, 0.3) is 40.5 Å². The topological polar surface area (TPSA) is 242 Å². The van der Waals surface area contributed by atoms with Crippen LogP contribution in [-0.2, 0) is 53.6 Å². The molecule has 4 aromatic carbocycles. The number of anilines is 2. The first kappa shape index (κ1) is 36.9. The third-order valence-corrected chi connectivity index (χ3v) is 11.1. The second-order valence-corrected chi connectivity index (χ2v) is 16.7. The summed E-state index contributed by atoms with van der Waals surface area (Å²) in [6.07, 6.45) is 0. The Morgan fingerprint density at radius 3 is 1.00 bits per heavy atom. The molecule has 0 saturated heterocycles. The fourth-order valence-electron chi connectivity index (χ4n) is 5.35. The molecule has 0 saturated carbocycles. The number of rotatable bonds is 11. The van der Waals surface area contributed by atoms with E-state index < -0.39 is 60.1 Å². The molecule has 6 N–H and O–H groups in total. The molecule has 258 valence electrons. The standard InChI is InChI=1S/C30H32N2O12S4/c1-17-9-23(10-18(2)29(17)31-15-21-5-7-25(45(33,34)35)13-27(21)47(39,40)41)24-11-19(3)30(20(4)12-24)32-16-22-6-8-26(46(36,37)38)14-28(22)48(42,43)44/h5-14,31-32H,15-16H2,1-4H3,(H,33,34,35)(H,36,37,38)(H,39,40,41)(H,42,43,44). The van der Waals surface area contributed by atoms with Gasteiger partial charge in [0, 0.05) is 24.5 Å². The van der Waals surface area contributed by atoms with Crippen molar-refractivity contribution in [2.75, 3.05) is 10.6 Å². The Morgan fingerprint density at radius 2 is 0.750 bits per heavy atom. The second kappa shape index (κ2) is 13.2. The van der Waals surface area contributed by atoms with Crippen molar-refractivity contribution >= 4 is 51.8 Å². The summed E-state index contributed by atoms with van der Waals surface area (Å²) in [7, 11) is -19.1. The fourth-order valence-corrected chi connectivity index (χ4v) is 8.01. The van der Waals surface area contributed by atoms with Gasteiger partial charge in [-0.15, -0.1) is 0 Å². The molecule has 0 radical (unpaired) electrons. The Hall–Kier alpha value is -3.88. The van der Waals surface area contributed by atoms with Gasteiger partial charge < -0.3 is 10.6 Å². The van der Waals surface area contributed by atoms with Crippen LogP contribution in [-0.4, -0.2) is 51.9 Å². The molecule has 0 unspecified atom stereocenters. The number of hydrogen-bond acceptors (Lipinski definition) is 10. The molecule has 4 rings (SSSR count). The van der Waals surface area contributed by atoms with E-state index in [0.717, 1.165) is 45.5 Å². The van der Waals surface area contributed by atoms with Crippen LogP contribution in [0.1, 0.15) is 33.4 Å². The number of hydrogen-bond donors (Lipinski definition) is 6.